The second kappa shape index (κ2) is 8.34. The zero-order valence-corrected chi connectivity index (χ0v) is 19.1. The highest BCUT2D eigenvalue weighted by molar-refractivity contribution is 5.88. The molecule has 2 heterocycles. The van der Waals surface area contributed by atoms with Gasteiger partial charge in [-0.05, 0) is 50.8 Å². The molecular weight excluding hydrogens is 396 g/mol. The van der Waals surface area contributed by atoms with Gasteiger partial charge in [-0.2, -0.15) is 5.10 Å². The van der Waals surface area contributed by atoms with Crippen LogP contribution in [-0.2, 0) is 11.2 Å². The average Bonchev–Trinajstić information content (AvgIpc) is 3.05. The third-order valence-corrected chi connectivity index (χ3v) is 5.49. The van der Waals surface area contributed by atoms with Crippen molar-refractivity contribution >= 4 is 12.1 Å². The largest absolute Gasteiger partial charge is 0.476 e. The maximum Gasteiger partial charge on any atom is 0.410 e. The molecule has 0 unspecified atom stereocenters. The zero-order chi connectivity index (χ0) is 23.1. The molecule has 1 atom stereocenters. The van der Waals surface area contributed by atoms with Gasteiger partial charge in [-0.1, -0.05) is 26.0 Å². The Hall–Kier alpha value is -2.87. The van der Waals surface area contributed by atoms with E-state index in [1.54, 1.807) is 25.5 Å². The van der Waals surface area contributed by atoms with Gasteiger partial charge in [-0.3, -0.25) is 4.90 Å². The maximum atomic E-state index is 12.8. The highest BCUT2D eigenvalue weighted by Gasteiger charge is 2.39. The number of amides is 1. The highest BCUT2D eigenvalue weighted by Crippen LogP contribution is 2.35. The van der Waals surface area contributed by atoms with Crippen LogP contribution in [-0.4, -0.2) is 50.5 Å². The Morgan fingerprint density at radius 1 is 1.32 bits per heavy atom. The summed E-state index contributed by atoms with van der Waals surface area (Å²) in [7, 11) is 0. The molecule has 0 aliphatic carbocycles. The van der Waals surface area contributed by atoms with Gasteiger partial charge in [0.2, 0.25) is 0 Å². The Morgan fingerprint density at radius 2 is 2.00 bits per heavy atom. The van der Waals surface area contributed by atoms with Crippen LogP contribution < -0.4 is 5.73 Å². The number of aromatic nitrogens is 2. The molecule has 0 saturated heterocycles. The van der Waals surface area contributed by atoms with Gasteiger partial charge in [-0.25, -0.2) is 14.3 Å². The lowest BCUT2D eigenvalue weighted by molar-refractivity contribution is 0.0146. The standard InChI is InChI=1S/C23H32N4O4/c1-13(2)15-7-8-16(14(3)11-15)27-17-9-10-26(22(30)31-23(4,5)6)18(12-24)19(17)20(25-27)21(28)29/h7-8,11,13,18H,9-10,12,24H2,1-6H3,(H,28,29)/t18-/m0/s1. The number of ether oxygens (including phenoxy) is 1. The number of rotatable bonds is 4. The minimum absolute atomic E-state index is 0.0729. The summed E-state index contributed by atoms with van der Waals surface area (Å²) in [5.41, 5.74) is 9.59. The molecule has 0 spiro atoms. The van der Waals surface area contributed by atoms with E-state index in [0.717, 1.165) is 16.9 Å². The summed E-state index contributed by atoms with van der Waals surface area (Å²) < 4.78 is 7.23. The molecule has 1 aliphatic rings. The summed E-state index contributed by atoms with van der Waals surface area (Å²) in [6.45, 7) is 12.1. The van der Waals surface area contributed by atoms with E-state index in [2.05, 4.69) is 25.0 Å². The van der Waals surface area contributed by atoms with E-state index in [9.17, 15) is 14.7 Å². The third kappa shape index (κ3) is 4.44. The van der Waals surface area contributed by atoms with Crippen molar-refractivity contribution in [2.75, 3.05) is 13.1 Å². The summed E-state index contributed by atoms with van der Waals surface area (Å²) >= 11 is 0. The molecule has 1 aromatic carbocycles. The van der Waals surface area contributed by atoms with Gasteiger partial charge in [0, 0.05) is 25.1 Å². The summed E-state index contributed by atoms with van der Waals surface area (Å²) in [5.74, 6) is -0.756. The molecule has 8 nitrogen and oxygen atoms in total. The maximum absolute atomic E-state index is 12.8. The summed E-state index contributed by atoms with van der Waals surface area (Å²) in [5, 5.41) is 14.3. The predicted molar refractivity (Wildman–Crippen MR) is 118 cm³/mol. The lowest BCUT2D eigenvalue weighted by Crippen LogP contribution is -2.46. The second-order valence-corrected chi connectivity index (χ2v) is 9.30. The average molecular weight is 429 g/mol. The Balaban J connectivity index is 2.11. The van der Waals surface area contributed by atoms with Crippen molar-refractivity contribution in [1.82, 2.24) is 14.7 Å². The van der Waals surface area contributed by atoms with E-state index >= 15 is 0 Å². The van der Waals surface area contributed by atoms with Gasteiger partial charge in [0.25, 0.3) is 0 Å². The second-order valence-electron chi connectivity index (χ2n) is 9.30. The number of benzene rings is 1. The molecular formula is C23H32N4O4. The van der Waals surface area contributed by atoms with Gasteiger partial charge < -0.3 is 15.6 Å². The van der Waals surface area contributed by atoms with Crippen molar-refractivity contribution in [2.24, 2.45) is 5.73 Å². The SMILES string of the molecule is Cc1cc(C(C)C)ccc1-n1nc(C(=O)O)c2c1CCN(C(=O)OC(C)(C)C)[C@H]2CN. The number of nitrogens with two attached hydrogens (primary N) is 1. The first kappa shape index (κ1) is 22.8. The fourth-order valence-corrected chi connectivity index (χ4v) is 4.01. The summed E-state index contributed by atoms with van der Waals surface area (Å²) in [6.07, 6.45) is -0.0494. The van der Waals surface area contributed by atoms with E-state index < -0.39 is 23.7 Å². The molecule has 31 heavy (non-hydrogen) atoms. The van der Waals surface area contributed by atoms with Crippen LogP contribution >= 0.6 is 0 Å². The van der Waals surface area contributed by atoms with Crippen molar-refractivity contribution in [3.63, 3.8) is 0 Å². The van der Waals surface area contributed by atoms with Crippen molar-refractivity contribution in [1.29, 1.82) is 0 Å². The molecule has 1 aliphatic heterocycles. The Bertz CT molecular complexity index is 1000. The van der Waals surface area contributed by atoms with Gasteiger partial charge in [0.1, 0.15) is 5.60 Å². The molecule has 0 fully saturated rings. The van der Waals surface area contributed by atoms with Crippen molar-refractivity contribution in [3.05, 3.63) is 46.3 Å². The Morgan fingerprint density at radius 3 is 2.52 bits per heavy atom. The minimum Gasteiger partial charge on any atom is -0.476 e. The van der Waals surface area contributed by atoms with Gasteiger partial charge >= 0.3 is 12.1 Å². The molecule has 3 N–H and O–H groups in total. The molecule has 0 bridgehead atoms. The Labute approximate surface area is 183 Å². The third-order valence-electron chi connectivity index (χ3n) is 5.49. The topological polar surface area (TPSA) is 111 Å². The molecule has 1 amide bonds. The van der Waals surface area contributed by atoms with Crippen molar-refractivity contribution < 1.29 is 19.4 Å². The first-order valence-corrected chi connectivity index (χ1v) is 10.6. The van der Waals surface area contributed by atoms with Crippen LogP contribution in [0.5, 0.6) is 0 Å². The fraction of sp³-hybridized carbons (Fsp3) is 0.522. The van der Waals surface area contributed by atoms with Crippen LogP contribution in [0.15, 0.2) is 18.2 Å². The lowest BCUT2D eigenvalue weighted by atomic mass is 9.95. The number of carboxylic acid groups (broad SMARTS) is 1. The van der Waals surface area contributed by atoms with Crippen LogP contribution in [0.4, 0.5) is 4.79 Å². The quantitative estimate of drug-likeness (QED) is 0.766. The normalized spacial score (nSPS) is 16.4. The monoisotopic (exact) mass is 428 g/mol. The van der Waals surface area contributed by atoms with Crippen molar-refractivity contribution in [3.8, 4) is 5.69 Å². The molecule has 0 saturated carbocycles. The number of hydrogen-bond donors (Lipinski definition) is 2. The smallest absolute Gasteiger partial charge is 0.410 e. The Kier molecular flexibility index (Phi) is 6.14. The molecule has 0 radical (unpaired) electrons. The predicted octanol–water partition coefficient (Wildman–Crippen LogP) is 3.80. The number of nitrogens with zero attached hydrogens (tertiary/aromatic N) is 3. The van der Waals surface area contributed by atoms with E-state index in [1.165, 1.54) is 10.5 Å². The molecule has 168 valence electrons. The highest BCUT2D eigenvalue weighted by atomic mass is 16.6. The van der Waals surface area contributed by atoms with Crippen LogP contribution in [0.2, 0.25) is 0 Å². The molecule has 3 rings (SSSR count). The first-order valence-electron chi connectivity index (χ1n) is 10.6. The van der Waals surface area contributed by atoms with Crippen LogP contribution in [0.25, 0.3) is 5.69 Å². The number of carboxylic acids is 1. The molecule has 1 aromatic heterocycles. The number of aromatic carboxylic acids is 1. The minimum atomic E-state index is -1.14. The molecule has 8 heteroatoms. The van der Waals surface area contributed by atoms with Crippen LogP contribution in [0.1, 0.15) is 79.5 Å². The number of hydrogen-bond acceptors (Lipinski definition) is 5. The number of carbonyl (C=O) groups excluding carboxylic acids is 1. The van der Waals surface area contributed by atoms with Crippen LogP contribution in [0, 0.1) is 6.92 Å². The fourth-order valence-electron chi connectivity index (χ4n) is 4.01. The van der Waals surface area contributed by atoms with Crippen molar-refractivity contribution in [2.45, 2.75) is 65.5 Å². The van der Waals surface area contributed by atoms with Gasteiger partial charge in [0.05, 0.1) is 17.4 Å². The summed E-state index contributed by atoms with van der Waals surface area (Å²) in [6, 6.07) is 5.50. The first-order chi connectivity index (χ1) is 14.4. The van der Waals surface area contributed by atoms with E-state index in [0.29, 0.717) is 24.4 Å². The van der Waals surface area contributed by atoms with Gasteiger partial charge in [-0.15, -0.1) is 0 Å². The number of aryl methyl sites for hydroxylation is 1. The zero-order valence-electron chi connectivity index (χ0n) is 19.1. The lowest BCUT2D eigenvalue weighted by Gasteiger charge is -2.36. The van der Waals surface area contributed by atoms with Crippen LogP contribution in [0.3, 0.4) is 0 Å². The molecule has 2 aromatic rings. The number of carbonyl (C=O) groups is 2. The van der Waals surface area contributed by atoms with E-state index in [4.69, 9.17) is 10.5 Å². The summed E-state index contributed by atoms with van der Waals surface area (Å²) in [4.78, 5) is 26.4. The van der Waals surface area contributed by atoms with E-state index in [-0.39, 0.29) is 12.2 Å². The van der Waals surface area contributed by atoms with Gasteiger partial charge in [0.15, 0.2) is 5.69 Å². The number of fused-ring (bicyclic) bond motifs is 1. The van der Waals surface area contributed by atoms with E-state index in [1.807, 2.05) is 19.1 Å².